The van der Waals surface area contributed by atoms with Crippen LogP contribution in [0, 0.1) is 23.7 Å². The summed E-state index contributed by atoms with van der Waals surface area (Å²) in [6.07, 6.45) is 1.87. The van der Waals surface area contributed by atoms with Crippen molar-refractivity contribution in [3.05, 3.63) is 23.8 Å². The molecule has 6 atom stereocenters. The van der Waals surface area contributed by atoms with Crippen LogP contribution in [0.1, 0.15) is 99.0 Å². The summed E-state index contributed by atoms with van der Waals surface area (Å²) in [6.45, 7) is 15.0. The van der Waals surface area contributed by atoms with Crippen molar-refractivity contribution in [2.24, 2.45) is 29.4 Å². The van der Waals surface area contributed by atoms with E-state index < -0.39 is 54.0 Å². The van der Waals surface area contributed by atoms with E-state index in [1.54, 1.807) is 33.8 Å². The van der Waals surface area contributed by atoms with Gasteiger partial charge in [-0.1, -0.05) is 67.4 Å². The van der Waals surface area contributed by atoms with Crippen LogP contribution in [-0.4, -0.2) is 47.9 Å². The van der Waals surface area contributed by atoms with Crippen LogP contribution in [0.4, 0.5) is 4.79 Å². The molecule has 0 aliphatic carbocycles. The Hall–Kier alpha value is -3.14. The van der Waals surface area contributed by atoms with Crippen LogP contribution in [0.15, 0.2) is 18.2 Å². The molecule has 0 radical (unpaired) electrons. The number of carboxylic acids is 1. The fourth-order valence-electron chi connectivity index (χ4n) is 4.37. The van der Waals surface area contributed by atoms with Crippen LogP contribution in [0.25, 0.3) is 0 Å². The summed E-state index contributed by atoms with van der Waals surface area (Å²) in [7, 11) is 0. The van der Waals surface area contributed by atoms with E-state index in [0.717, 1.165) is 12.8 Å². The third kappa shape index (κ3) is 11.7. The Morgan fingerprint density at radius 2 is 1.37 bits per heavy atom. The Bertz CT molecular complexity index is 1010. The standard InChI is InChI=1S/C31H49NO9/c1-9-11-19(5)29(35)40-24-14-13-23(17-25(24)41-30(36)20(6)12-10-2)26(27(32)28(33)34)21(7)22(8)39-31(37)38-16-15-18(3)4/h13-14,17-22,26-27H,9-12,15-16,32H2,1-8H3,(H,33,34)/t19?,20?,21?,22?,26?,27-/m0/s1. The van der Waals surface area contributed by atoms with Gasteiger partial charge in [-0.05, 0) is 49.8 Å². The van der Waals surface area contributed by atoms with Crippen molar-refractivity contribution >= 4 is 24.1 Å². The van der Waals surface area contributed by atoms with E-state index in [1.165, 1.54) is 12.1 Å². The van der Waals surface area contributed by atoms with Crippen molar-refractivity contribution < 1.29 is 43.2 Å². The predicted molar refractivity (Wildman–Crippen MR) is 155 cm³/mol. The maximum Gasteiger partial charge on any atom is 0.508 e. The summed E-state index contributed by atoms with van der Waals surface area (Å²) in [5.74, 6) is -4.06. The molecule has 0 aromatic heterocycles. The number of carbonyl (C=O) groups is 4. The minimum atomic E-state index is -1.38. The van der Waals surface area contributed by atoms with Gasteiger partial charge in [0.2, 0.25) is 0 Å². The maximum absolute atomic E-state index is 12.8. The van der Waals surface area contributed by atoms with E-state index in [9.17, 15) is 24.3 Å². The average molecular weight is 580 g/mol. The van der Waals surface area contributed by atoms with Gasteiger partial charge in [-0.2, -0.15) is 0 Å². The lowest BCUT2D eigenvalue weighted by molar-refractivity contribution is -0.141. The molecule has 5 unspecified atom stereocenters. The number of hydrogen-bond donors (Lipinski definition) is 2. The van der Waals surface area contributed by atoms with Crippen LogP contribution in [-0.2, 0) is 23.9 Å². The first-order chi connectivity index (χ1) is 19.2. The second-order valence-electron chi connectivity index (χ2n) is 11.3. The molecule has 0 aliphatic heterocycles. The van der Waals surface area contributed by atoms with Crippen molar-refractivity contribution in [1.29, 1.82) is 0 Å². The fourth-order valence-corrected chi connectivity index (χ4v) is 4.37. The van der Waals surface area contributed by atoms with Crippen molar-refractivity contribution in [3.63, 3.8) is 0 Å². The Labute approximate surface area is 244 Å². The van der Waals surface area contributed by atoms with Gasteiger partial charge in [0, 0.05) is 11.8 Å². The van der Waals surface area contributed by atoms with E-state index in [1.807, 2.05) is 27.7 Å². The van der Waals surface area contributed by atoms with Gasteiger partial charge in [-0.25, -0.2) is 4.79 Å². The monoisotopic (exact) mass is 579 g/mol. The molecule has 10 heteroatoms. The summed E-state index contributed by atoms with van der Waals surface area (Å²) in [5.41, 5.74) is 6.56. The van der Waals surface area contributed by atoms with Gasteiger partial charge in [-0.15, -0.1) is 0 Å². The number of ether oxygens (including phenoxy) is 4. The van der Waals surface area contributed by atoms with Crippen LogP contribution >= 0.6 is 0 Å². The predicted octanol–water partition coefficient (Wildman–Crippen LogP) is 6.09. The minimum absolute atomic E-state index is 0.0102. The van der Waals surface area contributed by atoms with Gasteiger partial charge < -0.3 is 29.8 Å². The van der Waals surface area contributed by atoms with Gasteiger partial charge >= 0.3 is 24.1 Å². The van der Waals surface area contributed by atoms with Crippen molar-refractivity contribution in [2.75, 3.05) is 6.61 Å². The lowest BCUT2D eigenvalue weighted by Gasteiger charge is -2.31. The molecule has 0 spiro atoms. The topological polar surface area (TPSA) is 151 Å². The molecule has 0 saturated carbocycles. The highest BCUT2D eigenvalue weighted by atomic mass is 16.7. The lowest BCUT2D eigenvalue weighted by Crippen LogP contribution is -2.42. The van der Waals surface area contributed by atoms with E-state index >= 15 is 0 Å². The molecule has 0 amide bonds. The zero-order valence-corrected chi connectivity index (χ0v) is 25.8. The number of rotatable bonds is 17. The highest BCUT2D eigenvalue weighted by Gasteiger charge is 2.36. The quantitative estimate of drug-likeness (QED) is 0.164. The molecular weight excluding hydrogens is 530 g/mol. The summed E-state index contributed by atoms with van der Waals surface area (Å²) >= 11 is 0. The van der Waals surface area contributed by atoms with E-state index in [2.05, 4.69) is 0 Å². The van der Waals surface area contributed by atoms with Crippen molar-refractivity contribution in [2.45, 2.75) is 106 Å². The zero-order chi connectivity index (χ0) is 31.3. The first-order valence-corrected chi connectivity index (χ1v) is 14.6. The molecule has 41 heavy (non-hydrogen) atoms. The molecule has 0 heterocycles. The molecule has 1 aromatic rings. The first-order valence-electron chi connectivity index (χ1n) is 14.6. The number of carbonyl (C=O) groups excluding carboxylic acids is 3. The summed E-state index contributed by atoms with van der Waals surface area (Å²) in [4.78, 5) is 49.8. The van der Waals surface area contributed by atoms with Crippen molar-refractivity contribution in [1.82, 2.24) is 0 Å². The molecule has 0 saturated heterocycles. The lowest BCUT2D eigenvalue weighted by atomic mass is 9.79. The number of hydrogen-bond acceptors (Lipinski definition) is 9. The second kappa shape index (κ2) is 17.6. The van der Waals surface area contributed by atoms with E-state index in [-0.39, 0.29) is 24.0 Å². The average Bonchev–Trinajstić information content (AvgIpc) is 2.89. The highest BCUT2D eigenvalue weighted by Crippen LogP contribution is 2.38. The molecule has 1 aromatic carbocycles. The molecule has 1 rings (SSSR count). The Balaban J connectivity index is 3.41. The number of esters is 2. The Morgan fingerprint density at radius 3 is 1.85 bits per heavy atom. The SMILES string of the molecule is CCCC(C)C(=O)Oc1ccc(C(C(C)C(C)OC(=O)OCCC(C)C)[C@H](N)C(=O)O)cc1OC(=O)C(C)CCC. The number of nitrogens with two attached hydrogens (primary N) is 1. The van der Waals surface area contributed by atoms with Crippen LogP contribution in [0.2, 0.25) is 0 Å². The molecule has 0 aliphatic rings. The Kier molecular flexibility index (Phi) is 15.4. The fraction of sp³-hybridized carbons (Fsp3) is 0.677. The molecule has 232 valence electrons. The molecular formula is C31H49NO9. The number of benzene rings is 1. The smallest absolute Gasteiger partial charge is 0.480 e. The van der Waals surface area contributed by atoms with Crippen molar-refractivity contribution in [3.8, 4) is 11.5 Å². The minimum Gasteiger partial charge on any atom is -0.480 e. The first kappa shape index (κ1) is 35.9. The maximum atomic E-state index is 12.8. The number of carboxylic acid groups (broad SMARTS) is 1. The summed E-state index contributed by atoms with van der Waals surface area (Å²) in [6, 6.07) is 3.14. The van der Waals surface area contributed by atoms with Gasteiger partial charge in [-0.3, -0.25) is 14.4 Å². The third-order valence-electron chi connectivity index (χ3n) is 7.20. The Morgan fingerprint density at radius 1 is 0.829 bits per heavy atom. The third-order valence-corrected chi connectivity index (χ3v) is 7.20. The molecule has 0 fully saturated rings. The van der Waals surface area contributed by atoms with Gasteiger partial charge in [0.15, 0.2) is 11.5 Å². The second-order valence-corrected chi connectivity index (χ2v) is 11.3. The largest absolute Gasteiger partial charge is 0.508 e. The summed E-state index contributed by atoms with van der Waals surface area (Å²) < 4.78 is 21.9. The molecule has 10 nitrogen and oxygen atoms in total. The van der Waals surface area contributed by atoms with Gasteiger partial charge in [0.1, 0.15) is 12.1 Å². The van der Waals surface area contributed by atoms with Gasteiger partial charge in [0.25, 0.3) is 0 Å². The molecule has 0 bridgehead atoms. The zero-order valence-electron chi connectivity index (χ0n) is 25.8. The van der Waals surface area contributed by atoms with Crippen LogP contribution in [0.5, 0.6) is 11.5 Å². The summed E-state index contributed by atoms with van der Waals surface area (Å²) in [5, 5.41) is 9.81. The van der Waals surface area contributed by atoms with Crippen LogP contribution < -0.4 is 15.2 Å². The molecule has 3 N–H and O–H groups in total. The van der Waals surface area contributed by atoms with E-state index in [0.29, 0.717) is 30.7 Å². The van der Waals surface area contributed by atoms with E-state index in [4.69, 9.17) is 24.7 Å². The normalized spacial score (nSPS) is 15.7. The van der Waals surface area contributed by atoms with Gasteiger partial charge in [0.05, 0.1) is 18.4 Å². The number of aliphatic carboxylic acids is 1. The van der Waals surface area contributed by atoms with Crippen LogP contribution in [0.3, 0.4) is 0 Å². The highest BCUT2D eigenvalue weighted by molar-refractivity contribution is 5.79.